The van der Waals surface area contributed by atoms with Crippen LogP contribution < -0.4 is 0 Å². The predicted octanol–water partition coefficient (Wildman–Crippen LogP) is 3.71. The quantitative estimate of drug-likeness (QED) is 0.651. The van der Waals surface area contributed by atoms with E-state index in [1.165, 1.54) is 0 Å². The van der Waals surface area contributed by atoms with Crippen LogP contribution in [-0.4, -0.2) is 26.2 Å². The van der Waals surface area contributed by atoms with Crippen LogP contribution in [0.3, 0.4) is 0 Å². The molecule has 2 fully saturated rings. The Balaban J connectivity index is 1.64. The van der Waals surface area contributed by atoms with E-state index in [1.54, 1.807) is 0 Å². The normalized spacial score (nSPS) is 30.3. The van der Waals surface area contributed by atoms with E-state index in [2.05, 4.69) is 4.89 Å². The molecule has 0 spiro atoms. The van der Waals surface area contributed by atoms with Gasteiger partial charge in [0.25, 0.3) is 0 Å². The van der Waals surface area contributed by atoms with Crippen molar-refractivity contribution in [3.05, 3.63) is 4.89 Å². The van der Waals surface area contributed by atoms with E-state index in [1.807, 2.05) is 0 Å². The summed E-state index contributed by atoms with van der Waals surface area (Å²) in [6.45, 7) is 0. The molecule has 0 aromatic rings. The van der Waals surface area contributed by atoms with Crippen LogP contribution in [0.1, 0.15) is 57.8 Å². The summed E-state index contributed by atoms with van der Waals surface area (Å²) in [6.07, 6.45) is 4.02. The van der Waals surface area contributed by atoms with Gasteiger partial charge < -0.3 is 13.4 Å². The number of hydrogen-bond acceptors (Lipinski definition) is 4. The van der Waals surface area contributed by atoms with Crippen molar-refractivity contribution in [2.45, 2.75) is 75.6 Å². The fourth-order valence-electron chi connectivity index (χ4n) is 2.94. The minimum Gasteiger partial charge on any atom is -0.408 e. The lowest BCUT2D eigenvalue weighted by Crippen LogP contribution is -2.27. The number of halogens is 2. The van der Waals surface area contributed by atoms with Gasteiger partial charge in [-0.15, -0.1) is 0 Å². The first kappa shape index (κ1) is 18.4. The maximum absolute atomic E-state index is 12.5. The standard InChI is InChI=1S/C13H22F2NO4S2/c14-13(15)10-6-8-12(9-7-10)21(17)20-16-22(18)19-11-4-2-1-3-5-11/h10-13H,1-9H2/q-1. The van der Waals surface area contributed by atoms with E-state index in [4.69, 9.17) is 8.47 Å². The maximum Gasteiger partial charge on any atom is 0.241 e. The van der Waals surface area contributed by atoms with Crippen molar-refractivity contribution in [3.8, 4) is 0 Å². The molecule has 0 aromatic heterocycles. The van der Waals surface area contributed by atoms with Gasteiger partial charge in [-0.05, 0) is 38.5 Å². The molecule has 2 saturated carbocycles. The molecule has 2 rings (SSSR count). The molecular formula is C13H22F2NO4S2-. The van der Waals surface area contributed by atoms with Gasteiger partial charge >= 0.3 is 0 Å². The van der Waals surface area contributed by atoms with Crippen molar-refractivity contribution in [2.75, 3.05) is 0 Å². The van der Waals surface area contributed by atoms with Gasteiger partial charge in [0.1, 0.15) is 11.1 Å². The van der Waals surface area contributed by atoms with E-state index in [0.717, 1.165) is 32.1 Å². The van der Waals surface area contributed by atoms with E-state index < -0.39 is 34.7 Å². The summed E-state index contributed by atoms with van der Waals surface area (Å²) in [5.41, 5.74) is 0. The summed E-state index contributed by atoms with van der Waals surface area (Å²) in [4.78, 5) is 3.35. The van der Waals surface area contributed by atoms with Gasteiger partial charge in [-0.25, -0.2) is 13.0 Å². The maximum atomic E-state index is 12.5. The number of alkyl halides is 2. The van der Waals surface area contributed by atoms with Gasteiger partial charge in [-0.1, -0.05) is 19.3 Å². The van der Waals surface area contributed by atoms with E-state index in [0.29, 0.717) is 25.7 Å². The fraction of sp³-hybridized carbons (Fsp3) is 1.00. The third kappa shape index (κ3) is 5.92. The molecule has 0 bridgehead atoms. The highest BCUT2D eigenvalue weighted by atomic mass is 32.2. The molecule has 0 N–H and O–H groups in total. The zero-order valence-corrected chi connectivity index (χ0v) is 14.0. The van der Waals surface area contributed by atoms with Crippen molar-refractivity contribution in [2.24, 2.45) is 5.92 Å². The second kappa shape index (κ2) is 9.36. The van der Waals surface area contributed by atoms with Gasteiger partial charge in [0.05, 0.1) is 22.6 Å². The number of nitrogens with zero attached hydrogens (tertiary/aromatic N) is 1. The minimum atomic E-state index is -2.32. The van der Waals surface area contributed by atoms with Crippen LogP contribution in [0.25, 0.3) is 4.89 Å². The molecule has 0 amide bonds. The van der Waals surface area contributed by atoms with Crippen LogP contribution in [0, 0.1) is 5.92 Å². The molecule has 0 aliphatic heterocycles. The largest absolute Gasteiger partial charge is 0.408 e. The third-order valence-corrected chi connectivity index (χ3v) is 6.25. The van der Waals surface area contributed by atoms with Crippen LogP contribution in [-0.2, 0) is 30.8 Å². The molecular weight excluding hydrogens is 336 g/mol. The molecule has 0 aromatic carbocycles. The molecule has 0 radical (unpaired) electrons. The van der Waals surface area contributed by atoms with E-state index >= 15 is 0 Å². The number of rotatable bonds is 7. The summed E-state index contributed by atoms with van der Waals surface area (Å²) in [5, 5.41) is -0.328. The zero-order valence-electron chi connectivity index (χ0n) is 12.3. The summed E-state index contributed by atoms with van der Waals surface area (Å²) in [7, 11) is 0. The first-order chi connectivity index (χ1) is 10.6. The topological polar surface area (TPSA) is 66.7 Å². The molecule has 0 saturated heterocycles. The average molecular weight is 358 g/mol. The van der Waals surface area contributed by atoms with E-state index in [9.17, 15) is 17.2 Å². The van der Waals surface area contributed by atoms with E-state index in [-0.39, 0.29) is 11.4 Å². The summed E-state index contributed by atoms with van der Waals surface area (Å²) in [6, 6.07) is 0. The molecule has 130 valence electrons. The summed E-state index contributed by atoms with van der Waals surface area (Å²) in [5.74, 6) is -0.617. The van der Waals surface area contributed by atoms with Gasteiger partial charge in [0.15, 0.2) is 0 Å². The van der Waals surface area contributed by atoms with Gasteiger partial charge in [-0.3, -0.25) is 4.21 Å². The highest BCUT2D eigenvalue weighted by Gasteiger charge is 2.30. The lowest BCUT2D eigenvalue weighted by Gasteiger charge is -2.30. The Bertz CT molecular complexity index is 386. The lowest BCUT2D eigenvalue weighted by atomic mass is 9.89. The minimum absolute atomic E-state index is 0.0863. The zero-order chi connectivity index (χ0) is 15.9. The first-order valence-electron chi connectivity index (χ1n) is 7.72. The molecule has 2 atom stereocenters. The monoisotopic (exact) mass is 358 g/mol. The van der Waals surface area contributed by atoms with Crippen molar-refractivity contribution in [1.29, 1.82) is 0 Å². The van der Waals surface area contributed by atoms with Crippen molar-refractivity contribution in [1.82, 2.24) is 0 Å². The second-order valence-corrected chi connectivity index (χ2v) is 7.97. The van der Waals surface area contributed by atoms with Gasteiger partial charge in [0, 0.05) is 5.92 Å². The van der Waals surface area contributed by atoms with Gasteiger partial charge in [0.2, 0.25) is 6.43 Å². The Hall–Kier alpha value is 0.0400. The average Bonchev–Trinajstić information content (AvgIpc) is 2.53. The van der Waals surface area contributed by atoms with Crippen molar-refractivity contribution < 1.29 is 25.7 Å². The fourth-order valence-corrected chi connectivity index (χ4v) is 4.62. The van der Waals surface area contributed by atoms with Crippen LogP contribution in [0.4, 0.5) is 8.78 Å². The van der Waals surface area contributed by atoms with Crippen LogP contribution in [0.5, 0.6) is 0 Å². The highest BCUT2D eigenvalue weighted by Crippen LogP contribution is 2.32. The Labute approximate surface area is 134 Å². The molecule has 5 nitrogen and oxygen atoms in total. The molecule has 9 heteroatoms. The SMILES string of the molecule is O=S([N-]OS(=O)C1CCC(C(F)F)CC1)OC1CCCCC1. The molecule has 2 aliphatic rings. The molecule has 2 unspecified atom stereocenters. The molecule has 0 heterocycles. The van der Waals surface area contributed by atoms with Crippen molar-refractivity contribution in [3.63, 3.8) is 0 Å². The van der Waals surface area contributed by atoms with Crippen molar-refractivity contribution >= 4 is 22.3 Å². The smallest absolute Gasteiger partial charge is 0.241 e. The highest BCUT2D eigenvalue weighted by molar-refractivity contribution is 7.85. The lowest BCUT2D eigenvalue weighted by molar-refractivity contribution is 0.0566. The Morgan fingerprint density at radius 1 is 0.955 bits per heavy atom. The Morgan fingerprint density at radius 3 is 2.18 bits per heavy atom. The first-order valence-corrected chi connectivity index (χ1v) is 9.89. The second-order valence-electron chi connectivity index (χ2n) is 5.85. The van der Waals surface area contributed by atoms with Crippen LogP contribution in [0.15, 0.2) is 0 Å². The molecule has 22 heavy (non-hydrogen) atoms. The molecule has 2 aliphatic carbocycles. The number of hydrogen-bond donors (Lipinski definition) is 0. The summed E-state index contributed by atoms with van der Waals surface area (Å²) >= 11 is -3.71. The Morgan fingerprint density at radius 2 is 1.59 bits per heavy atom. The van der Waals surface area contributed by atoms with Gasteiger partial charge in [-0.2, -0.15) is 0 Å². The third-order valence-electron chi connectivity index (χ3n) is 4.28. The van der Waals surface area contributed by atoms with Crippen LogP contribution in [0.2, 0.25) is 0 Å². The summed E-state index contributed by atoms with van der Waals surface area (Å²) < 4.78 is 58.6. The Kier molecular flexibility index (Phi) is 7.82. The predicted molar refractivity (Wildman–Crippen MR) is 80.4 cm³/mol. The van der Waals surface area contributed by atoms with Crippen LogP contribution >= 0.6 is 0 Å².